The molecule has 2 atom stereocenters. The summed E-state index contributed by atoms with van der Waals surface area (Å²) < 4.78 is 0. The van der Waals surface area contributed by atoms with Crippen molar-refractivity contribution >= 4 is 23.7 Å². The predicted molar refractivity (Wildman–Crippen MR) is 118 cm³/mol. The van der Waals surface area contributed by atoms with Crippen LogP contribution in [0.15, 0.2) is 0 Å². The molecule has 0 heterocycles. The van der Waals surface area contributed by atoms with Crippen LogP contribution in [0.3, 0.4) is 0 Å². The first kappa shape index (κ1) is 28.5. The van der Waals surface area contributed by atoms with Gasteiger partial charge >= 0.3 is 11.9 Å². The van der Waals surface area contributed by atoms with E-state index in [0.29, 0.717) is 0 Å². The van der Waals surface area contributed by atoms with Gasteiger partial charge in [-0.05, 0) is 31.4 Å². The Morgan fingerprint density at radius 3 is 1.59 bits per heavy atom. The Labute approximate surface area is 171 Å². The van der Waals surface area contributed by atoms with Gasteiger partial charge in [0.15, 0.2) is 0 Å². The first-order valence-corrected chi connectivity index (χ1v) is 12.0. The average molecular weight is 405 g/mol. The molecule has 0 radical (unpaired) electrons. The highest BCUT2D eigenvalue weighted by atomic mass is 32.2. The lowest BCUT2D eigenvalue weighted by Crippen LogP contribution is -2.15. The fourth-order valence-corrected chi connectivity index (χ4v) is 3.77. The van der Waals surface area contributed by atoms with Crippen LogP contribution < -0.4 is 0 Å². The van der Waals surface area contributed by atoms with Gasteiger partial charge in [-0.3, -0.25) is 9.59 Å². The van der Waals surface area contributed by atoms with Gasteiger partial charge in [-0.25, -0.2) is 0 Å². The Morgan fingerprint density at radius 2 is 1.19 bits per heavy atom. The van der Waals surface area contributed by atoms with E-state index in [4.69, 9.17) is 10.2 Å². The molecule has 0 spiro atoms. The second-order valence-corrected chi connectivity index (χ2v) is 8.71. The van der Waals surface area contributed by atoms with E-state index < -0.39 is 11.9 Å². The Hall–Kier alpha value is -0.710. The minimum atomic E-state index is -0.745. The summed E-state index contributed by atoms with van der Waals surface area (Å²) in [5, 5.41) is 16.5. The minimum Gasteiger partial charge on any atom is -0.481 e. The predicted octanol–water partition coefficient (Wildman–Crippen LogP) is 7.01. The molecule has 4 nitrogen and oxygen atoms in total. The van der Waals surface area contributed by atoms with Crippen molar-refractivity contribution in [3.05, 3.63) is 0 Å². The van der Waals surface area contributed by atoms with Gasteiger partial charge in [0.05, 0.1) is 5.25 Å². The summed E-state index contributed by atoms with van der Waals surface area (Å²) in [6, 6.07) is 0. The molecule has 162 valence electrons. The van der Waals surface area contributed by atoms with Crippen LogP contribution in [-0.4, -0.2) is 33.2 Å². The summed E-state index contributed by atoms with van der Waals surface area (Å²) >= 11 is 1.63. The van der Waals surface area contributed by atoms with Crippen molar-refractivity contribution in [2.45, 2.75) is 116 Å². The fraction of sp³-hybridized carbons (Fsp3) is 0.909. The maximum absolute atomic E-state index is 11.0. The van der Waals surface area contributed by atoms with Crippen LogP contribution in [0.4, 0.5) is 0 Å². The number of rotatable bonds is 17. The normalized spacial score (nSPS) is 12.7. The maximum Gasteiger partial charge on any atom is 0.316 e. The van der Waals surface area contributed by atoms with Crippen molar-refractivity contribution in [1.29, 1.82) is 0 Å². The summed E-state index contributed by atoms with van der Waals surface area (Å²) in [5.74, 6) is 0.322. The van der Waals surface area contributed by atoms with Gasteiger partial charge in [-0.2, -0.15) is 0 Å². The molecular weight excluding hydrogens is 360 g/mol. The van der Waals surface area contributed by atoms with Gasteiger partial charge < -0.3 is 10.2 Å². The molecule has 0 fully saturated rings. The zero-order valence-corrected chi connectivity index (χ0v) is 19.0. The van der Waals surface area contributed by atoms with E-state index in [1.165, 1.54) is 77.0 Å². The van der Waals surface area contributed by atoms with Crippen LogP contribution >= 0.6 is 11.8 Å². The molecule has 5 heteroatoms. The third kappa shape index (κ3) is 23.3. The maximum atomic E-state index is 11.0. The summed E-state index contributed by atoms with van der Waals surface area (Å²) in [6.07, 6.45) is 16.2. The van der Waals surface area contributed by atoms with Crippen molar-refractivity contribution in [3.8, 4) is 0 Å². The van der Waals surface area contributed by atoms with Crippen molar-refractivity contribution < 1.29 is 19.8 Å². The number of thioether (sulfide) groups is 1. The standard InChI is InChI=1S/C19H38O2S.C3H6O2/c1-4-6-8-10-11-13-15-18(14-12-9-7-5-2)16-22-17(3)19(20)21;1-2-3(4)5/h17-18H,4-16H2,1-3H3,(H,20,21);2H2,1H3,(H,4,5). The third-order valence-electron chi connectivity index (χ3n) is 4.66. The minimum absolute atomic E-state index is 0.222. The smallest absolute Gasteiger partial charge is 0.316 e. The van der Waals surface area contributed by atoms with Gasteiger partial charge in [0.1, 0.15) is 0 Å². The van der Waals surface area contributed by atoms with Gasteiger partial charge in [0, 0.05) is 6.42 Å². The van der Waals surface area contributed by atoms with Crippen LogP contribution in [0.1, 0.15) is 111 Å². The molecule has 0 aliphatic heterocycles. The number of carbonyl (C=O) groups is 2. The van der Waals surface area contributed by atoms with Crippen LogP contribution in [0.2, 0.25) is 0 Å². The highest BCUT2D eigenvalue weighted by molar-refractivity contribution is 8.00. The lowest BCUT2D eigenvalue weighted by molar-refractivity contribution is -0.137. The number of carboxylic acid groups (broad SMARTS) is 2. The lowest BCUT2D eigenvalue weighted by atomic mass is 9.96. The average Bonchev–Trinajstić information content (AvgIpc) is 2.65. The van der Waals surface area contributed by atoms with Crippen LogP contribution in [0, 0.1) is 5.92 Å². The molecule has 0 amide bonds. The third-order valence-corrected chi connectivity index (χ3v) is 6.03. The SMILES string of the molecule is CCC(=O)O.CCCCCCCCC(CCCCCC)CSC(C)C(=O)O. The van der Waals surface area contributed by atoms with Crippen LogP contribution in [-0.2, 0) is 9.59 Å². The molecule has 0 saturated carbocycles. The molecular formula is C22H44O4S. The Balaban J connectivity index is 0. The molecule has 0 saturated heterocycles. The Morgan fingerprint density at radius 1 is 0.778 bits per heavy atom. The highest BCUT2D eigenvalue weighted by Crippen LogP contribution is 2.25. The number of hydrogen-bond donors (Lipinski definition) is 2. The molecule has 0 aliphatic rings. The zero-order chi connectivity index (χ0) is 20.9. The van der Waals surface area contributed by atoms with Crippen molar-refractivity contribution in [1.82, 2.24) is 0 Å². The van der Waals surface area contributed by atoms with Crippen LogP contribution in [0.5, 0.6) is 0 Å². The number of carboxylic acids is 2. The number of unbranched alkanes of at least 4 members (excludes halogenated alkanes) is 8. The largest absolute Gasteiger partial charge is 0.481 e. The molecule has 0 aromatic heterocycles. The molecule has 27 heavy (non-hydrogen) atoms. The molecule has 0 aromatic rings. The van der Waals surface area contributed by atoms with Crippen molar-refractivity contribution in [2.24, 2.45) is 5.92 Å². The van der Waals surface area contributed by atoms with E-state index in [1.807, 2.05) is 6.92 Å². The quantitative estimate of drug-likeness (QED) is 0.255. The Kier molecular flexibility index (Phi) is 22.8. The van der Waals surface area contributed by atoms with E-state index in [1.54, 1.807) is 18.7 Å². The second kappa shape index (κ2) is 21.6. The second-order valence-electron chi connectivity index (χ2n) is 7.33. The highest BCUT2D eigenvalue weighted by Gasteiger charge is 2.15. The van der Waals surface area contributed by atoms with Crippen molar-refractivity contribution in [3.63, 3.8) is 0 Å². The first-order chi connectivity index (χ1) is 12.9. The summed E-state index contributed by atoms with van der Waals surface area (Å²) in [7, 11) is 0. The van der Waals surface area contributed by atoms with E-state index >= 15 is 0 Å². The summed E-state index contributed by atoms with van der Waals surface area (Å²) in [6.45, 7) is 7.92. The topological polar surface area (TPSA) is 74.6 Å². The molecule has 2 unspecified atom stereocenters. The fourth-order valence-electron chi connectivity index (χ4n) is 2.74. The Bertz CT molecular complexity index is 347. The van der Waals surface area contributed by atoms with Gasteiger partial charge in [-0.15, -0.1) is 11.8 Å². The first-order valence-electron chi connectivity index (χ1n) is 10.9. The van der Waals surface area contributed by atoms with Gasteiger partial charge in [0.2, 0.25) is 0 Å². The monoisotopic (exact) mass is 404 g/mol. The number of aliphatic carboxylic acids is 2. The van der Waals surface area contributed by atoms with E-state index in [2.05, 4.69) is 13.8 Å². The number of hydrogen-bond acceptors (Lipinski definition) is 3. The van der Waals surface area contributed by atoms with Crippen LogP contribution in [0.25, 0.3) is 0 Å². The summed E-state index contributed by atoms with van der Waals surface area (Å²) in [5.41, 5.74) is 0. The van der Waals surface area contributed by atoms with E-state index in [0.717, 1.165) is 11.7 Å². The van der Waals surface area contributed by atoms with E-state index in [-0.39, 0.29) is 11.7 Å². The lowest BCUT2D eigenvalue weighted by Gasteiger charge is -2.18. The van der Waals surface area contributed by atoms with Crippen molar-refractivity contribution in [2.75, 3.05) is 5.75 Å². The van der Waals surface area contributed by atoms with Gasteiger partial charge in [0.25, 0.3) is 0 Å². The summed E-state index contributed by atoms with van der Waals surface area (Å²) in [4.78, 5) is 20.3. The molecule has 0 aliphatic carbocycles. The molecule has 0 bridgehead atoms. The molecule has 0 rings (SSSR count). The van der Waals surface area contributed by atoms with Gasteiger partial charge in [-0.1, -0.05) is 85.0 Å². The zero-order valence-electron chi connectivity index (χ0n) is 18.2. The molecule has 2 N–H and O–H groups in total. The molecule has 0 aromatic carbocycles. The van der Waals surface area contributed by atoms with E-state index in [9.17, 15) is 9.59 Å².